The van der Waals surface area contributed by atoms with Gasteiger partial charge in [-0.25, -0.2) is 4.98 Å². The van der Waals surface area contributed by atoms with E-state index in [4.69, 9.17) is 5.73 Å². The molecule has 2 rings (SSSR count). The van der Waals surface area contributed by atoms with Crippen molar-refractivity contribution < 1.29 is 0 Å². The first kappa shape index (κ1) is 12.3. The lowest BCUT2D eigenvalue weighted by Crippen LogP contribution is -2.30. The molecule has 1 atom stereocenters. The summed E-state index contributed by atoms with van der Waals surface area (Å²) in [7, 11) is 0. The molecule has 2 aromatic rings. The van der Waals surface area contributed by atoms with Gasteiger partial charge in [-0.2, -0.15) is 0 Å². The first-order valence-electron chi connectivity index (χ1n) is 5.98. The predicted octanol–water partition coefficient (Wildman–Crippen LogP) is 3.08. The van der Waals surface area contributed by atoms with E-state index in [0.29, 0.717) is 5.92 Å². The maximum atomic E-state index is 6.05. The monoisotopic (exact) mass is 249 g/mol. The normalized spacial score (nSPS) is 13.2. The zero-order valence-electron chi connectivity index (χ0n) is 10.3. The first-order valence-corrected chi connectivity index (χ1v) is 6.86. The smallest absolute Gasteiger partial charge is 0.134 e. The van der Waals surface area contributed by atoms with Crippen molar-refractivity contribution in [1.29, 1.82) is 0 Å². The van der Waals surface area contributed by atoms with Gasteiger partial charge in [0.25, 0.3) is 0 Å². The van der Waals surface area contributed by atoms with Gasteiger partial charge in [-0.3, -0.25) is 0 Å². The van der Waals surface area contributed by atoms with Gasteiger partial charge < -0.3 is 11.1 Å². The van der Waals surface area contributed by atoms with Gasteiger partial charge in [0.05, 0.1) is 0 Å². The van der Waals surface area contributed by atoms with E-state index < -0.39 is 0 Å². The number of nitrogens with two attached hydrogens (primary N) is 1. The van der Waals surface area contributed by atoms with Gasteiger partial charge in [0.15, 0.2) is 0 Å². The Balaban J connectivity index is 2.01. The number of hydrogen-bond donors (Lipinski definition) is 2. The summed E-state index contributed by atoms with van der Waals surface area (Å²) < 4.78 is 1.26. The van der Waals surface area contributed by atoms with Crippen LogP contribution in [0.2, 0.25) is 0 Å². The highest BCUT2D eigenvalue weighted by atomic mass is 32.1. The second-order valence-corrected chi connectivity index (χ2v) is 5.71. The van der Waals surface area contributed by atoms with Crippen LogP contribution in [-0.4, -0.2) is 17.6 Å². The molecule has 3 N–H and O–H groups in total. The summed E-state index contributed by atoms with van der Waals surface area (Å²) in [6, 6.07) is 4.33. The molecule has 17 heavy (non-hydrogen) atoms. The number of nitrogens with one attached hydrogen (secondary N) is 1. The molecule has 0 saturated heterocycles. The van der Waals surface area contributed by atoms with Crippen molar-refractivity contribution in [3.05, 3.63) is 23.7 Å². The van der Waals surface area contributed by atoms with E-state index in [9.17, 15) is 0 Å². The molecule has 0 aliphatic rings. The number of fused-ring (bicyclic) bond motifs is 1. The van der Waals surface area contributed by atoms with E-state index >= 15 is 0 Å². The van der Waals surface area contributed by atoms with Crippen LogP contribution in [-0.2, 0) is 0 Å². The number of hydrogen-bond acceptors (Lipinski definition) is 4. The van der Waals surface area contributed by atoms with Crippen LogP contribution in [0.4, 0.5) is 5.82 Å². The van der Waals surface area contributed by atoms with Crippen LogP contribution in [0.5, 0.6) is 0 Å². The highest BCUT2D eigenvalue weighted by Gasteiger charge is 2.07. The minimum atomic E-state index is 0.186. The third-order valence-electron chi connectivity index (χ3n) is 2.69. The van der Waals surface area contributed by atoms with Crippen LogP contribution in [0.3, 0.4) is 0 Å². The van der Waals surface area contributed by atoms with Crippen LogP contribution < -0.4 is 11.1 Å². The van der Waals surface area contributed by atoms with E-state index in [0.717, 1.165) is 18.8 Å². The molecule has 1 unspecified atom stereocenters. The van der Waals surface area contributed by atoms with Crippen molar-refractivity contribution in [1.82, 2.24) is 4.98 Å². The highest BCUT2D eigenvalue weighted by Crippen LogP contribution is 2.25. The molecule has 0 amide bonds. The van der Waals surface area contributed by atoms with E-state index in [2.05, 4.69) is 35.6 Å². The topological polar surface area (TPSA) is 50.9 Å². The minimum absolute atomic E-state index is 0.186. The molecule has 0 fully saturated rings. The average Bonchev–Trinajstić information content (AvgIpc) is 2.73. The summed E-state index contributed by atoms with van der Waals surface area (Å²) in [6.07, 6.45) is 2.88. The van der Waals surface area contributed by atoms with Crippen molar-refractivity contribution in [2.24, 2.45) is 11.7 Å². The SMILES string of the molecule is CC(C)CC(N)CNc1nccc2sccc12. The zero-order chi connectivity index (χ0) is 12.3. The third-order valence-corrected chi connectivity index (χ3v) is 3.57. The quantitative estimate of drug-likeness (QED) is 0.856. The molecule has 3 nitrogen and oxygen atoms in total. The number of aromatic nitrogens is 1. The summed E-state index contributed by atoms with van der Waals surface area (Å²) in [4.78, 5) is 4.37. The third kappa shape index (κ3) is 3.17. The molecule has 0 aliphatic heterocycles. The fourth-order valence-electron chi connectivity index (χ4n) is 1.95. The van der Waals surface area contributed by atoms with E-state index in [1.54, 1.807) is 11.3 Å². The molecular weight excluding hydrogens is 230 g/mol. The van der Waals surface area contributed by atoms with E-state index in [-0.39, 0.29) is 6.04 Å². The van der Waals surface area contributed by atoms with Crippen molar-refractivity contribution >= 4 is 27.2 Å². The molecule has 0 aromatic carbocycles. The maximum Gasteiger partial charge on any atom is 0.134 e. The fraction of sp³-hybridized carbons (Fsp3) is 0.462. The van der Waals surface area contributed by atoms with Gasteiger partial charge in [-0.1, -0.05) is 13.8 Å². The van der Waals surface area contributed by atoms with Crippen molar-refractivity contribution in [3.63, 3.8) is 0 Å². The lowest BCUT2D eigenvalue weighted by atomic mass is 10.0. The summed E-state index contributed by atoms with van der Waals surface area (Å²) in [6.45, 7) is 5.16. The number of anilines is 1. The van der Waals surface area contributed by atoms with E-state index in [1.165, 1.54) is 10.1 Å². The zero-order valence-corrected chi connectivity index (χ0v) is 11.1. The van der Waals surface area contributed by atoms with Gasteiger partial charge in [-0.05, 0) is 29.9 Å². The highest BCUT2D eigenvalue weighted by molar-refractivity contribution is 7.17. The van der Waals surface area contributed by atoms with Gasteiger partial charge in [-0.15, -0.1) is 11.3 Å². The average molecular weight is 249 g/mol. The standard InChI is InChI=1S/C13H19N3S/c1-9(2)7-10(14)8-16-13-11-4-6-17-12(11)3-5-15-13/h3-6,9-10H,7-8,14H2,1-2H3,(H,15,16). The Morgan fingerprint density at radius 1 is 1.41 bits per heavy atom. The number of nitrogens with zero attached hydrogens (tertiary/aromatic N) is 1. The molecule has 0 saturated carbocycles. The summed E-state index contributed by atoms with van der Waals surface area (Å²) in [5.41, 5.74) is 6.05. The Morgan fingerprint density at radius 2 is 2.24 bits per heavy atom. The number of pyridine rings is 1. The summed E-state index contributed by atoms with van der Waals surface area (Å²) in [5.74, 6) is 1.58. The molecular formula is C13H19N3S. The van der Waals surface area contributed by atoms with Crippen LogP contribution in [0.1, 0.15) is 20.3 Å². The minimum Gasteiger partial charge on any atom is -0.368 e. The van der Waals surface area contributed by atoms with Crippen molar-refractivity contribution in [2.75, 3.05) is 11.9 Å². The van der Waals surface area contributed by atoms with Crippen LogP contribution >= 0.6 is 11.3 Å². The Kier molecular flexibility index (Phi) is 3.97. The molecule has 92 valence electrons. The second-order valence-electron chi connectivity index (χ2n) is 4.76. The predicted molar refractivity (Wildman–Crippen MR) is 75.5 cm³/mol. The van der Waals surface area contributed by atoms with Gasteiger partial charge >= 0.3 is 0 Å². The molecule has 2 heterocycles. The van der Waals surface area contributed by atoms with Crippen LogP contribution in [0.25, 0.3) is 10.1 Å². The first-order chi connectivity index (χ1) is 8.16. The lowest BCUT2D eigenvalue weighted by molar-refractivity contribution is 0.508. The lowest BCUT2D eigenvalue weighted by Gasteiger charge is -2.15. The van der Waals surface area contributed by atoms with E-state index in [1.807, 2.05) is 12.3 Å². The summed E-state index contributed by atoms with van der Waals surface area (Å²) >= 11 is 1.74. The second kappa shape index (κ2) is 5.47. The van der Waals surface area contributed by atoms with Gasteiger partial charge in [0.1, 0.15) is 5.82 Å². The fourth-order valence-corrected chi connectivity index (χ4v) is 2.73. The molecule has 2 aromatic heterocycles. The molecule has 0 radical (unpaired) electrons. The maximum absolute atomic E-state index is 6.05. The van der Waals surface area contributed by atoms with Crippen LogP contribution in [0.15, 0.2) is 23.7 Å². The Hall–Kier alpha value is -1.13. The van der Waals surface area contributed by atoms with Crippen molar-refractivity contribution in [3.8, 4) is 0 Å². The van der Waals surface area contributed by atoms with Gasteiger partial charge in [0, 0.05) is 28.9 Å². The molecule has 0 spiro atoms. The number of thiophene rings is 1. The molecule has 0 bridgehead atoms. The number of rotatable bonds is 5. The summed E-state index contributed by atoms with van der Waals surface area (Å²) in [5, 5.41) is 6.63. The molecule has 0 aliphatic carbocycles. The Labute approximate surface area is 106 Å². The largest absolute Gasteiger partial charge is 0.368 e. The van der Waals surface area contributed by atoms with Gasteiger partial charge in [0.2, 0.25) is 0 Å². The Bertz CT molecular complexity index is 478. The molecule has 4 heteroatoms. The van der Waals surface area contributed by atoms with Crippen LogP contribution in [0, 0.1) is 5.92 Å². The van der Waals surface area contributed by atoms with Crippen molar-refractivity contribution in [2.45, 2.75) is 26.3 Å². The Morgan fingerprint density at radius 3 is 3.00 bits per heavy atom.